The zero-order valence-electron chi connectivity index (χ0n) is 12.2. The van der Waals surface area contributed by atoms with Gasteiger partial charge in [0.2, 0.25) is 5.91 Å². The first-order chi connectivity index (χ1) is 9.58. The Morgan fingerprint density at radius 3 is 3.00 bits per heavy atom. The number of carbonyl (C=O) groups excluding carboxylic acids is 1. The molecule has 0 aromatic heterocycles. The number of nitrogens with zero attached hydrogens (tertiary/aromatic N) is 1. The minimum atomic E-state index is -0.202. The maximum Gasteiger partial charge on any atom is 0.228 e. The van der Waals surface area contributed by atoms with Crippen molar-refractivity contribution >= 4 is 11.6 Å². The molecule has 2 aliphatic rings. The smallest absolute Gasteiger partial charge is 0.228 e. The summed E-state index contributed by atoms with van der Waals surface area (Å²) in [6.45, 7) is 6.84. The second-order valence-electron chi connectivity index (χ2n) is 6.29. The fraction of sp³-hybridized carbons (Fsp3) is 0.562. The van der Waals surface area contributed by atoms with E-state index in [1.54, 1.807) is 0 Å². The monoisotopic (exact) mass is 274 g/mol. The Morgan fingerprint density at radius 2 is 2.20 bits per heavy atom. The van der Waals surface area contributed by atoms with Crippen molar-refractivity contribution in [1.82, 2.24) is 4.90 Å². The number of rotatable bonds is 1. The molecule has 1 fully saturated rings. The van der Waals surface area contributed by atoms with Crippen LogP contribution in [0.15, 0.2) is 24.3 Å². The lowest BCUT2D eigenvalue weighted by Crippen LogP contribution is -2.58. The van der Waals surface area contributed by atoms with Crippen LogP contribution in [-0.4, -0.2) is 42.6 Å². The van der Waals surface area contributed by atoms with Crippen LogP contribution in [0.3, 0.4) is 0 Å². The number of anilines is 1. The van der Waals surface area contributed by atoms with Crippen LogP contribution in [0.2, 0.25) is 0 Å². The fourth-order valence-corrected chi connectivity index (χ4v) is 3.10. The first-order valence-electron chi connectivity index (χ1n) is 7.29. The van der Waals surface area contributed by atoms with Gasteiger partial charge in [0, 0.05) is 18.8 Å². The maximum absolute atomic E-state index is 12.8. The van der Waals surface area contributed by atoms with Gasteiger partial charge in [-0.05, 0) is 31.9 Å². The Hall–Kier alpha value is -1.55. The maximum atomic E-state index is 12.8. The van der Waals surface area contributed by atoms with Crippen molar-refractivity contribution in [2.75, 3.05) is 31.6 Å². The minimum Gasteiger partial charge on any atom is -0.384 e. The number of fused-ring (bicyclic) bond motifs is 1. The Labute approximate surface area is 120 Å². The molecule has 0 radical (unpaired) electrons. The van der Waals surface area contributed by atoms with Crippen LogP contribution in [0.4, 0.5) is 5.69 Å². The fourth-order valence-electron chi connectivity index (χ4n) is 3.10. The van der Waals surface area contributed by atoms with Crippen LogP contribution in [0.25, 0.3) is 0 Å². The second-order valence-corrected chi connectivity index (χ2v) is 6.29. The molecule has 2 heterocycles. The molecule has 1 unspecified atom stereocenters. The molecule has 0 bridgehead atoms. The van der Waals surface area contributed by atoms with Gasteiger partial charge in [-0.3, -0.25) is 4.79 Å². The van der Waals surface area contributed by atoms with Crippen molar-refractivity contribution in [2.45, 2.75) is 25.8 Å². The molecule has 2 aliphatic heterocycles. The summed E-state index contributed by atoms with van der Waals surface area (Å²) in [5.41, 5.74) is 2.20. The average Bonchev–Trinajstić information content (AvgIpc) is 2.45. The van der Waals surface area contributed by atoms with Gasteiger partial charge in [0.25, 0.3) is 0 Å². The largest absolute Gasteiger partial charge is 0.384 e. The van der Waals surface area contributed by atoms with E-state index in [4.69, 9.17) is 4.74 Å². The van der Waals surface area contributed by atoms with E-state index in [0.29, 0.717) is 19.8 Å². The lowest BCUT2D eigenvalue weighted by molar-refractivity contribution is -0.150. The van der Waals surface area contributed by atoms with Gasteiger partial charge < -0.3 is 15.0 Å². The summed E-state index contributed by atoms with van der Waals surface area (Å²) in [4.78, 5) is 14.8. The molecule has 20 heavy (non-hydrogen) atoms. The molecule has 1 aromatic rings. The van der Waals surface area contributed by atoms with E-state index in [1.165, 1.54) is 5.56 Å². The highest BCUT2D eigenvalue weighted by Crippen LogP contribution is 2.28. The Morgan fingerprint density at radius 1 is 1.40 bits per heavy atom. The van der Waals surface area contributed by atoms with Crippen LogP contribution < -0.4 is 5.32 Å². The molecular weight excluding hydrogens is 252 g/mol. The van der Waals surface area contributed by atoms with E-state index in [0.717, 1.165) is 18.7 Å². The summed E-state index contributed by atoms with van der Waals surface area (Å²) in [7, 11) is 0. The van der Waals surface area contributed by atoms with Crippen molar-refractivity contribution in [2.24, 2.45) is 5.92 Å². The molecule has 4 nitrogen and oxygen atoms in total. The molecule has 0 spiro atoms. The van der Waals surface area contributed by atoms with Crippen molar-refractivity contribution in [3.63, 3.8) is 0 Å². The molecule has 1 N–H and O–H groups in total. The first kappa shape index (κ1) is 13.4. The number of benzene rings is 1. The number of amides is 1. The van der Waals surface area contributed by atoms with Gasteiger partial charge in [-0.2, -0.15) is 0 Å². The molecule has 1 aromatic carbocycles. The third-order valence-electron chi connectivity index (χ3n) is 4.28. The zero-order chi connectivity index (χ0) is 14.2. The van der Waals surface area contributed by atoms with Gasteiger partial charge >= 0.3 is 0 Å². The Kier molecular flexibility index (Phi) is 3.42. The molecule has 4 heteroatoms. The van der Waals surface area contributed by atoms with Crippen LogP contribution in [0, 0.1) is 5.92 Å². The SMILES string of the molecule is CC1(C)COCCN1C(=O)C1CNc2ccccc2C1. The highest BCUT2D eigenvalue weighted by molar-refractivity contribution is 5.81. The quantitative estimate of drug-likeness (QED) is 0.850. The summed E-state index contributed by atoms with van der Waals surface area (Å²) in [6, 6.07) is 8.24. The van der Waals surface area contributed by atoms with Crippen molar-refractivity contribution in [3.8, 4) is 0 Å². The molecule has 108 valence electrons. The molecule has 0 saturated carbocycles. The second kappa shape index (κ2) is 5.09. The summed E-state index contributed by atoms with van der Waals surface area (Å²) in [5.74, 6) is 0.280. The van der Waals surface area contributed by atoms with Gasteiger partial charge in [0.15, 0.2) is 0 Å². The topological polar surface area (TPSA) is 41.6 Å². The minimum absolute atomic E-state index is 0.0299. The van der Waals surface area contributed by atoms with Crippen LogP contribution in [-0.2, 0) is 16.0 Å². The lowest BCUT2D eigenvalue weighted by atomic mass is 9.91. The van der Waals surface area contributed by atoms with Gasteiger partial charge in [-0.1, -0.05) is 18.2 Å². The van der Waals surface area contributed by atoms with Crippen LogP contribution in [0.1, 0.15) is 19.4 Å². The number of para-hydroxylation sites is 1. The van der Waals surface area contributed by atoms with Crippen molar-refractivity contribution in [3.05, 3.63) is 29.8 Å². The summed E-state index contributed by atoms with van der Waals surface area (Å²) in [5, 5.41) is 3.38. The zero-order valence-corrected chi connectivity index (χ0v) is 12.2. The van der Waals surface area contributed by atoms with Gasteiger partial charge in [-0.15, -0.1) is 0 Å². The predicted molar refractivity (Wildman–Crippen MR) is 78.7 cm³/mol. The van der Waals surface area contributed by atoms with Gasteiger partial charge in [0.1, 0.15) is 0 Å². The van der Waals surface area contributed by atoms with Gasteiger partial charge in [0.05, 0.1) is 24.7 Å². The van der Waals surface area contributed by atoms with E-state index in [-0.39, 0.29) is 17.4 Å². The predicted octanol–water partition coefficient (Wildman–Crippen LogP) is 1.91. The normalized spacial score (nSPS) is 24.7. The number of morpholine rings is 1. The standard InChI is InChI=1S/C16H22N2O2/c1-16(2)11-20-8-7-18(16)15(19)13-9-12-5-3-4-6-14(12)17-10-13/h3-6,13,17H,7-11H2,1-2H3. The molecule has 1 amide bonds. The van der Waals surface area contributed by atoms with Crippen LogP contribution in [0.5, 0.6) is 0 Å². The average molecular weight is 274 g/mol. The Balaban J connectivity index is 1.76. The van der Waals surface area contributed by atoms with E-state index >= 15 is 0 Å². The summed E-state index contributed by atoms with van der Waals surface area (Å²) >= 11 is 0. The van der Waals surface area contributed by atoms with E-state index in [9.17, 15) is 4.79 Å². The number of carbonyl (C=O) groups is 1. The molecule has 0 aliphatic carbocycles. The number of hydrogen-bond donors (Lipinski definition) is 1. The third-order valence-corrected chi connectivity index (χ3v) is 4.28. The van der Waals surface area contributed by atoms with E-state index < -0.39 is 0 Å². The van der Waals surface area contributed by atoms with E-state index in [1.807, 2.05) is 17.0 Å². The van der Waals surface area contributed by atoms with Crippen molar-refractivity contribution < 1.29 is 9.53 Å². The molecule has 1 atom stereocenters. The van der Waals surface area contributed by atoms with Crippen molar-refractivity contribution in [1.29, 1.82) is 0 Å². The summed E-state index contributed by atoms with van der Waals surface area (Å²) in [6.07, 6.45) is 0.829. The van der Waals surface area contributed by atoms with E-state index in [2.05, 4.69) is 31.3 Å². The Bertz CT molecular complexity index is 513. The number of ether oxygens (including phenoxy) is 1. The highest BCUT2D eigenvalue weighted by Gasteiger charge is 2.38. The summed E-state index contributed by atoms with van der Waals surface area (Å²) < 4.78 is 5.50. The molecular formula is C16H22N2O2. The number of nitrogens with one attached hydrogen (secondary N) is 1. The first-order valence-corrected chi connectivity index (χ1v) is 7.29. The highest BCUT2D eigenvalue weighted by atomic mass is 16.5. The third kappa shape index (κ3) is 2.40. The van der Waals surface area contributed by atoms with Gasteiger partial charge in [-0.25, -0.2) is 0 Å². The van der Waals surface area contributed by atoms with Crippen LogP contribution >= 0.6 is 0 Å². The lowest BCUT2D eigenvalue weighted by Gasteiger charge is -2.44. The molecule has 1 saturated heterocycles. The molecule has 3 rings (SSSR count). The number of hydrogen-bond acceptors (Lipinski definition) is 3.